The van der Waals surface area contributed by atoms with Gasteiger partial charge in [0, 0.05) is 19.3 Å². The van der Waals surface area contributed by atoms with Crippen LogP contribution in [0, 0.1) is 11.8 Å². The molecule has 3 rings (SSSR count). The lowest BCUT2D eigenvalue weighted by atomic mass is 9.97. The molecule has 0 saturated heterocycles. The van der Waals surface area contributed by atoms with E-state index < -0.39 is 0 Å². The molecule has 1 saturated carbocycles. The lowest BCUT2D eigenvalue weighted by Crippen LogP contribution is -2.19. The van der Waals surface area contributed by atoms with Crippen LogP contribution in [0.3, 0.4) is 0 Å². The van der Waals surface area contributed by atoms with Crippen molar-refractivity contribution in [2.75, 3.05) is 6.61 Å². The van der Waals surface area contributed by atoms with Gasteiger partial charge in [-0.1, -0.05) is 6.42 Å². The molecule has 0 bridgehead atoms. The van der Waals surface area contributed by atoms with E-state index in [2.05, 4.69) is 15.1 Å². The normalized spacial score (nSPS) is 23.9. The average Bonchev–Trinajstić information content (AvgIpc) is 2.97. The van der Waals surface area contributed by atoms with Crippen molar-refractivity contribution in [1.82, 2.24) is 19.7 Å². The third-order valence-electron chi connectivity index (χ3n) is 3.81. The number of nitrogens with zero attached hydrogens (tertiary/aromatic N) is 4. The van der Waals surface area contributed by atoms with Gasteiger partial charge in [0.1, 0.15) is 0 Å². The summed E-state index contributed by atoms with van der Waals surface area (Å²) in [6, 6.07) is 0. The Labute approximate surface area is 110 Å². The summed E-state index contributed by atoms with van der Waals surface area (Å²) in [6.07, 6.45) is 6.88. The Morgan fingerprint density at radius 2 is 2.17 bits per heavy atom. The maximum absolute atomic E-state index is 9.35. The Morgan fingerprint density at radius 3 is 3.00 bits per heavy atom. The zero-order chi connectivity index (χ0) is 12.5. The van der Waals surface area contributed by atoms with E-state index in [0.29, 0.717) is 11.8 Å². The molecule has 2 aromatic rings. The molecular weight excluding hydrogens is 252 g/mol. The fraction of sp³-hybridized carbons (Fsp3) is 0.583. The summed E-state index contributed by atoms with van der Waals surface area (Å²) in [5.74, 6) is 0.869. The zero-order valence-electron chi connectivity index (χ0n) is 9.96. The van der Waals surface area contributed by atoms with Crippen molar-refractivity contribution in [1.29, 1.82) is 0 Å². The maximum atomic E-state index is 9.35. The highest BCUT2D eigenvalue weighted by Gasteiger charge is 2.27. The van der Waals surface area contributed by atoms with Crippen LogP contribution in [-0.2, 0) is 6.54 Å². The van der Waals surface area contributed by atoms with Gasteiger partial charge in [0.15, 0.2) is 5.65 Å². The van der Waals surface area contributed by atoms with Gasteiger partial charge in [0.05, 0.1) is 11.6 Å². The molecular formula is C12H15ClN4O. The minimum absolute atomic E-state index is 0.245. The monoisotopic (exact) mass is 266 g/mol. The van der Waals surface area contributed by atoms with E-state index in [9.17, 15) is 5.11 Å². The van der Waals surface area contributed by atoms with Crippen LogP contribution in [0.4, 0.5) is 0 Å². The van der Waals surface area contributed by atoms with Crippen molar-refractivity contribution in [3.8, 4) is 0 Å². The highest BCUT2D eigenvalue weighted by Crippen LogP contribution is 2.32. The van der Waals surface area contributed by atoms with E-state index in [0.717, 1.165) is 30.4 Å². The molecule has 0 aromatic carbocycles. The summed E-state index contributed by atoms with van der Waals surface area (Å²) in [6.45, 7) is 1.06. The summed E-state index contributed by atoms with van der Waals surface area (Å²) in [7, 11) is 0. The second-order valence-electron chi connectivity index (χ2n) is 4.88. The SMILES string of the molecule is OC[C@@H]1CCC[C@H]1Cn1ncc2cnc(Cl)nc21. The van der Waals surface area contributed by atoms with Crippen molar-refractivity contribution in [2.45, 2.75) is 25.8 Å². The fourth-order valence-corrected chi connectivity index (χ4v) is 2.92. The van der Waals surface area contributed by atoms with Gasteiger partial charge in [-0.15, -0.1) is 0 Å². The predicted octanol–water partition coefficient (Wildman–Crippen LogP) is 1.89. The van der Waals surface area contributed by atoms with Crippen LogP contribution in [0.25, 0.3) is 11.0 Å². The molecule has 96 valence electrons. The van der Waals surface area contributed by atoms with E-state index in [1.165, 1.54) is 6.42 Å². The summed E-state index contributed by atoms with van der Waals surface area (Å²) in [4.78, 5) is 8.17. The molecule has 0 radical (unpaired) electrons. The van der Waals surface area contributed by atoms with Crippen molar-refractivity contribution < 1.29 is 5.11 Å². The van der Waals surface area contributed by atoms with Gasteiger partial charge in [-0.3, -0.25) is 0 Å². The molecule has 2 heterocycles. The Bertz CT molecular complexity index is 556. The average molecular weight is 267 g/mol. The Kier molecular flexibility index (Phi) is 3.18. The molecule has 1 aliphatic carbocycles. The van der Waals surface area contributed by atoms with Gasteiger partial charge in [-0.25, -0.2) is 9.67 Å². The number of aliphatic hydroxyl groups is 1. The lowest BCUT2D eigenvalue weighted by molar-refractivity contribution is 0.183. The summed E-state index contributed by atoms with van der Waals surface area (Å²) < 4.78 is 1.88. The van der Waals surface area contributed by atoms with E-state index in [4.69, 9.17) is 11.6 Å². The highest BCUT2D eigenvalue weighted by molar-refractivity contribution is 6.28. The molecule has 0 spiro atoms. The molecule has 2 aromatic heterocycles. The molecule has 0 aliphatic heterocycles. The number of fused-ring (bicyclic) bond motifs is 1. The summed E-state index contributed by atoms with van der Waals surface area (Å²) >= 11 is 5.82. The van der Waals surface area contributed by atoms with Crippen molar-refractivity contribution in [3.05, 3.63) is 17.7 Å². The Hall–Kier alpha value is -1.20. The molecule has 6 heteroatoms. The molecule has 0 amide bonds. The maximum Gasteiger partial charge on any atom is 0.224 e. The van der Waals surface area contributed by atoms with Crippen LogP contribution >= 0.6 is 11.6 Å². The molecule has 1 fully saturated rings. The zero-order valence-corrected chi connectivity index (χ0v) is 10.7. The minimum Gasteiger partial charge on any atom is -0.396 e. The van der Waals surface area contributed by atoms with Crippen LogP contribution in [0.2, 0.25) is 5.28 Å². The Balaban J connectivity index is 1.88. The van der Waals surface area contributed by atoms with Crippen LogP contribution < -0.4 is 0 Å². The second kappa shape index (κ2) is 4.82. The van der Waals surface area contributed by atoms with Gasteiger partial charge < -0.3 is 5.11 Å². The first-order valence-corrected chi connectivity index (χ1v) is 6.60. The van der Waals surface area contributed by atoms with Gasteiger partial charge in [0.2, 0.25) is 5.28 Å². The second-order valence-corrected chi connectivity index (χ2v) is 5.22. The van der Waals surface area contributed by atoms with E-state index in [-0.39, 0.29) is 11.9 Å². The lowest BCUT2D eigenvalue weighted by Gasteiger charge is -2.17. The molecule has 2 atom stereocenters. The van der Waals surface area contributed by atoms with Crippen molar-refractivity contribution in [2.24, 2.45) is 11.8 Å². The third kappa shape index (κ3) is 2.08. The van der Waals surface area contributed by atoms with Crippen LogP contribution in [-0.4, -0.2) is 31.5 Å². The number of rotatable bonds is 3. The Morgan fingerprint density at radius 1 is 1.33 bits per heavy atom. The van der Waals surface area contributed by atoms with Gasteiger partial charge in [-0.2, -0.15) is 10.1 Å². The van der Waals surface area contributed by atoms with Crippen molar-refractivity contribution in [3.63, 3.8) is 0 Å². The van der Waals surface area contributed by atoms with E-state index in [1.54, 1.807) is 12.4 Å². The van der Waals surface area contributed by atoms with Crippen LogP contribution in [0.15, 0.2) is 12.4 Å². The summed E-state index contributed by atoms with van der Waals surface area (Å²) in [5, 5.41) is 14.8. The largest absolute Gasteiger partial charge is 0.396 e. The topological polar surface area (TPSA) is 63.8 Å². The molecule has 1 N–H and O–H groups in total. The van der Waals surface area contributed by atoms with Crippen LogP contribution in [0.5, 0.6) is 0 Å². The van der Waals surface area contributed by atoms with Gasteiger partial charge in [0.25, 0.3) is 0 Å². The molecule has 0 unspecified atom stereocenters. The highest BCUT2D eigenvalue weighted by atomic mass is 35.5. The van der Waals surface area contributed by atoms with E-state index >= 15 is 0 Å². The number of aromatic nitrogens is 4. The number of hydrogen-bond donors (Lipinski definition) is 1. The number of halogens is 1. The first-order valence-electron chi connectivity index (χ1n) is 6.23. The quantitative estimate of drug-likeness (QED) is 0.862. The third-order valence-corrected chi connectivity index (χ3v) is 3.99. The standard InChI is InChI=1S/C12H15ClN4O/c13-12-14-4-10-5-15-17(11(10)16-12)6-8-2-1-3-9(8)7-18/h4-5,8-9,18H,1-3,6-7H2/t8-,9-/m0/s1. The number of hydrogen-bond acceptors (Lipinski definition) is 4. The van der Waals surface area contributed by atoms with Crippen LogP contribution in [0.1, 0.15) is 19.3 Å². The van der Waals surface area contributed by atoms with E-state index in [1.807, 2.05) is 4.68 Å². The molecule has 18 heavy (non-hydrogen) atoms. The van der Waals surface area contributed by atoms with Crippen molar-refractivity contribution >= 4 is 22.6 Å². The van der Waals surface area contributed by atoms with Gasteiger partial charge in [-0.05, 0) is 36.3 Å². The van der Waals surface area contributed by atoms with Gasteiger partial charge >= 0.3 is 0 Å². The molecule has 1 aliphatic rings. The smallest absolute Gasteiger partial charge is 0.224 e. The first-order chi connectivity index (χ1) is 8.78. The number of aliphatic hydroxyl groups excluding tert-OH is 1. The fourth-order valence-electron chi connectivity index (χ4n) is 2.80. The first kappa shape index (κ1) is 11.9. The predicted molar refractivity (Wildman–Crippen MR) is 68.2 cm³/mol. The minimum atomic E-state index is 0.245. The summed E-state index contributed by atoms with van der Waals surface area (Å²) in [5.41, 5.74) is 0.776. The molecule has 5 nitrogen and oxygen atoms in total.